The molecule has 64 valence electrons. The number of hydrogen-bond acceptors (Lipinski definition) is 1. The minimum absolute atomic E-state index is 0.624. The molecule has 0 bridgehead atoms. The maximum Gasteiger partial charge on any atom is 0.0580 e. The molecule has 0 aliphatic heterocycles. The fraction of sp³-hybridized carbons (Fsp3) is 1.00. The summed E-state index contributed by atoms with van der Waals surface area (Å²) in [6.45, 7) is 2.35. The minimum Gasteiger partial charge on any atom is -0.375 e. The summed E-state index contributed by atoms with van der Waals surface area (Å²) in [5.74, 6) is 0.953. The van der Waals surface area contributed by atoms with Gasteiger partial charge in [-0.2, -0.15) is 0 Å². The van der Waals surface area contributed by atoms with Crippen molar-refractivity contribution < 1.29 is 4.74 Å². The van der Waals surface area contributed by atoms with Crippen LogP contribution in [-0.2, 0) is 4.74 Å². The molecule has 1 heteroatoms. The molecular formula is C10H18O. The Morgan fingerprint density at radius 3 is 1.73 bits per heavy atom. The summed E-state index contributed by atoms with van der Waals surface area (Å²) in [5.41, 5.74) is 0. The zero-order valence-electron chi connectivity index (χ0n) is 7.38. The first-order valence-electron chi connectivity index (χ1n) is 5.00. The third-order valence-electron chi connectivity index (χ3n) is 2.87. The molecule has 2 aliphatic rings. The van der Waals surface area contributed by atoms with Crippen LogP contribution >= 0.6 is 0 Å². The Morgan fingerprint density at radius 2 is 1.27 bits per heavy atom. The smallest absolute Gasteiger partial charge is 0.0580 e. The van der Waals surface area contributed by atoms with E-state index in [1.807, 2.05) is 0 Å². The average molecular weight is 154 g/mol. The number of rotatable bonds is 2. The lowest BCUT2D eigenvalue weighted by Gasteiger charge is -2.26. The van der Waals surface area contributed by atoms with Gasteiger partial charge in [0.2, 0.25) is 0 Å². The summed E-state index contributed by atoms with van der Waals surface area (Å²) >= 11 is 0. The molecule has 0 saturated heterocycles. The Bertz CT molecular complexity index is 121. The Hall–Kier alpha value is -0.0400. The lowest BCUT2D eigenvalue weighted by atomic mass is 9.89. The van der Waals surface area contributed by atoms with Gasteiger partial charge in [0.25, 0.3) is 0 Å². The van der Waals surface area contributed by atoms with Crippen LogP contribution in [0.1, 0.15) is 45.4 Å². The van der Waals surface area contributed by atoms with E-state index < -0.39 is 0 Å². The number of ether oxygens (including phenoxy) is 1. The van der Waals surface area contributed by atoms with Crippen LogP contribution in [0, 0.1) is 5.92 Å². The fourth-order valence-electron chi connectivity index (χ4n) is 1.84. The lowest BCUT2D eigenvalue weighted by molar-refractivity contribution is 0.00846. The van der Waals surface area contributed by atoms with Gasteiger partial charge in [0.05, 0.1) is 12.2 Å². The van der Waals surface area contributed by atoms with Gasteiger partial charge in [0.1, 0.15) is 0 Å². The highest BCUT2D eigenvalue weighted by Gasteiger charge is 2.28. The van der Waals surface area contributed by atoms with Crippen LogP contribution in [0.25, 0.3) is 0 Å². The molecule has 0 aromatic carbocycles. The third kappa shape index (κ3) is 2.19. The summed E-state index contributed by atoms with van der Waals surface area (Å²) in [4.78, 5) is 0. The topological polar surface area (TPSA) is 9.23 Å². The van der Waals surface area contributed by atoms with Gasteiger partial charge in [-0.3, -0.25) is 0 Å². The van der Waals surface area contributed by atoms with Crippen LogP contribution in [0.2, 0.25) is 0 Å². The second-order valence-electron chi connectivity index (χ2n) is 4.22. The fourth-order valence-corrected chi connectivity index (χ4v) is 1.84. The Balaban J connectivity index is 1.69. The van der Waals surface area contributed by atoms with Crippen LogP contribution in [0.5, 0.6) is 0 Å². The summed E-state index contributed by atoms with van der Waals surface area (Å²) < 4.78 is 5.85. The summed E-state index contributed by atoms with van der Waals surface area (Å²) in [7, 11) is 0. The standard InChI is InChI=1S/C10H18O/c1-8-2-4-9(5-3-8)11-10-6-7-10/h8-10H,2-7H2,1H3. The SMILES string of the molecule is CC1CCC(OC2CC2)CC1. The molecule has 2 saturated carbocycles. The van der Waals surface area contributed by atoms with Crippen LogP contribution < -0.4 is 0 Å². The van der Waals surface area contributed by atoms with Gasteiger partial charge >= 0.3 is 0 Å². The molecular weight excluding hydrogens is 136 g/mol. The normalized spacial score (nSPS) is 39.0. The first-order valence-corrected chi connectivity index (χ1v) is 5.00. The number of hydrogen-bond donors (Lipinski definition) is 0. The molecule has 0 atom stereocenters. The highest BCUT2D eigenvalue weighted by molar-refractivity contribution is 4.78. The molecule has 1 nitrogen and oxygen atoms in total. The van der Waals surface area contributed by atoms with E-state index in [1.54, 1.807) is 0 Å². The molecule has 0 aromatic rings. The predicted molar refractivity (Wildman–Crippen MR) is 45.5 cm³/mol. The second kappa shape index (κ2) is 3.14. The second-order valence-corrected chi connectivity index (χ2v) is 4.22. The maximum atomic E-state index is 5.85. The van der Waals surface area contributed by atoms with E-state index in [-0.39, 0.29) is 0 Å². The van der Waals surface area contributed by atoms with Crippen molar-refractivity contribution in [1.82, 2.24) is 0 Å². The Morgan fingerprint density at radius 1 is 0.818 bits per heavy atom. The molecule has 0 N–H and O–H groups in total. The van der Waals surface area contributed by atoms with Gasteiger partial charge in [-0.15, -0.1) is 0 Å². The molecule has 2 aliphatic carbocycles. The van der Waals surface area contributed by atoms with Crippen molar-refractivity contribution in [1.29, 1.82) is 0 Å². The third-order valence-corrected chi connectivity index (χ3v) is 2.87. The maximum absolute atomic E-state index is 5.85. The van der Waals surface area contributed by atoms with Crippen molar-refractivity contribution in [2.24, 2.45) is 5.92 Å². The van der Waals surface area contributed by atoms with Gasteiger partial charge in [0.15, 0.2) is 0 Å². The molecule has 0 radical (unpaired) electrons. The molecule has 0 unspecified atom stereocenters. The Labute approximate surface area is 69.1 Å². The molecule has 0 aromatic heterocycles. The molecule has 0 spiro atoms. The van der Waals surface area contributed by atoms with Crippen molar-refractivity contribution in [3.63, 3.8) is 0 Å². The molecule has 2 rings (SSSR count). The van der Waals surface area contributed by atoms with Crippen molar-refractivity contribution >= 4 is 0 Å². The monoisotopic (exact) mass is 154 g/mol. The lowest BCUT2D eigenvalue weighted by Crippen LogP contribution is -2.21. The highest BCUT2D eigenvalue weighted by Crippen LogP contribution is 2.31. The first kappa shape index (κ1) is 7.60. The van der Waals surface area contributed by atoms with E-state index in [0.29, 0.717) is 12.2 Å². The van der Waals surface area contributed by atoms with Crippen LogP contribution in [0.3, 0.4) is 0 Å². The van der Waals surface area contributed by atoms with Crippen molar-refractivity contribution in [2.45, 2.75) is 57.7 Å². The summed E-state index contributed by atoms with van der Waals surface area (Å²) in [5, 5.41) is 0. The largest absolute Gasteiger partial charge is 0.375 e. The van der Waals surface area contributed by atoms with Gasteiger partial charge in [-0.05, 0) is 44.4 Å². The van der Waals surface area contributed by atoms with Gasteiger partial charge in [-0.1, -0.05) is 6.92 Å². The van der Waals surface area contributed by atoms with E-state index in [2.05, 4.69) is 6.92 Å². The van der Waals surface area contributed by atoms with Crippen LogP contribution in [0.15, 0.2) is 0 Å². The van der Waals surface area contributed by atoms with E-state index in [0.717, 1.165) is 5.92 Å². The summed E-state index contributed by atoms with van der Waals surface area (Å²) in [6, 6.07) is 0. The molecule has 2 fully saturated rings. The van der Waals surface area contributed by atoms with E-state index >= 15 is 0 Å². The molecule has 11 heavy (non-hydrogen) atoms. The average Bonchev–Trinajstić information content (AvgIpc) is 2.78. The Kier molecular flexibility index (Phi) is 2.17. The highest BCUT2D eigenvalue weighted by atomic mass is 16.5. The minimum atomic E-state index is 0.624. The van der Waals surface area contributed by atoms with Crippen molar-refractivity contribution in [3.8, 4) is 0 Å². The van der Waals surface area contributed by atoms with Gasteiger partial charge in [0, 0.05) is 0 Å². The van der Waals surface area contributed by atoms with E-state index in [9.17, 15) is 0 Å². The van der Waals surface area contributed by atoms with Crippen molar-refractivity contribution in [3.05, 3.63) is 0 Å². The van der Waals surface area contributed by atoms with E-state index in [4.69, 9.17) is 4.74 Å². The molecule has 0 heterocycles. The quantitative estimate of drug-likeness (QED) is 0.594. The predicted octanol–water partition coefficient (Wildman–Crippen LogP) is 2.74. The van der Waals surface area contributed by atoms with E-state index in [1.165, 1.54) is 38.5 Å². The zero-order valence-corrected chi connectivity index (χ0v) is 7.38. The van der Waals surface area contributed by atoms with Gasteiger partial charge < -0.3 is 4.74 Å². The first-order chi connectivity index (χ1) is 5.34. The molecule has 0 amide bonds. The van der Waals surface area contributed by atoms with Gasteiger partial charge in [-0.25, -0.2) is 0 Å². The zero-order chi connectivity index (χ0) is 7.68. The van der Waals surface area contributed by atoms with Crippen LogP contribution in [0.4, 0.5) is 0 Å². The summed E-state index contributed by atoms with van der Waals surface area (Å²) in [6.07, 6.45) is 9.34. The van der Waals surface area contributed by atoms with Crippen molar-refractivity contribution in [2.75, 3.05) is 0 Å². The van der Waals surface area contributed by atoms with Crippen LogP contribution in [-0.4, -0.2) is 12.2 Å².